The van der Waals surface area contributed by atoms with Crippen molar-refractivity contribution in [2.45, 2.75) is 20.1 Å². The minimum absolute atomic E-state index is 0.167. The number of carbonyl (C=O) groups is 1. The van der Waals surface area contributed by atoms with Gasteiger partial charge in [0.1, 0.15) is 23.9 Å². The summed E-state index contributed by atoms with van der Waals surface area (Å²) in [6.07, 6.45) is 6.93. The first kappa shape index (κ1) is 27.5. The van der Waals surface area contributed by atoms with Crippen LogP contribution in [0.2, 0.25) is 0 Å². The Morgan fingerprint density at radius 1 is 0.907 bits per heavy atom. The van der Waals surface area contributed by atoms with Gasteiger partial charge in [-0.3, -0.25) is 4.79 Å². The van der Waals surface area contributed by atoms with Crippen molar-refractivity contribution in [3.8, 4) is 22.7 Å². The number of para-hydroxylation sites is 1. The second-order valence-electron chi connectivity index (χ2n) is 10.1. The molecule has 0 radical (unpaired) electrons. The summed E-state index contributed by atoms with van der Waals surface area (Å²) in [6, 6.07) is 31.3. The minimum Gasteiger partial charge on any atom is -0.486 e. The second-order valence-corrected chi connectivity index (χ2v) is 10.1. The van der Waals surface area contributed by atoms with Crippen LogP contribution in [-0.2, 0) is 13.2 Å². The molecule has 0 N–H and O–H groups in total. The highest BCUT2D eigenvalue weighted by atomic mass is 19.1. The van der Waals surface area contributed by atoms with Crippen LogP contribution in [0.1, 0.15) is 32.7 Å². The molecular formula is C35H28FN5O2. The van der Waals surface area contributed by atoms with Gasteiger partial charge in [-0.15, -0.1) is 5.10 Å². The average molecular weight is 570 g/mol. The highest BCUT2D eigenvalue weighted by molar-refractivity contribution is 6.09. The summed E-state index contributed by atoms with van der Waals surface area (Å²) in [5.41, 5.74) is 6.10. The molecule has 4 aromatic carbocycles. The SMILES string of the molecule is Cc1ccc(OCc2cn(Cc3ccccc3)nn2)c(C(=O)/C=C/c2cn(-c3ccccc3)nc2-c2ccc(F)cc2)c1. The average Bonchev–Trinajstić information content (AvgIpc) is 3.67. The third kappa shape index (κ3) is 6.65. The highest BCUT2D eigenvalue weighted by Gasteiger charge is 2.15. The van der Waals surface area contributed by atoms with Gasteiger partial charge in [-0.25, -0.2) is 13.8 Å². The van der Waals surface area contributed by atoms with Crippen molar-refractivity contribution < 1.29 is 13.9 Å². The lowest BCUT2D eigenvalue weighted by Gasteiger charge is -2.09. The number of halogens is 1. The number of allylic oxidation sites excluding steroid dienone is 1. The van der Waals surface area contributed by atoms with E-state index in [1.165, 1.54) is 18.2 Å². The predicted octanol–water partition coefficient (Wildman–Crippen LogP) is 7.10. The molecule has 0 atom stereocenters. The molecule has 0 saturated carbocycles. The van der Waals surface area contributed by atoms with Crippen LogP contribution in [0.5, 0.6) is 5.75 Å². The van der Waals surface area contributed by atoms with Gasteiger partial charge in [0, 0.05) is 17.3 Å². The summed E-state index contributed by atoms with van der Waals surface area (Å²) in [7, 11) is 0. The van der Waals surface area contributed by atoms with Gasteiger partial charge < -0.3 is 4.74 Å². The molecular weight excluding hydrogens is 541 g/mol. The zero-order valence-electron chi connectivity index (χ0n) is 23.5. The van der Waals surface area contributed by atoms with Crippen LogP contribution in [0.3, 0.4) is 0 Å². The van der Waals surface area contributed by atoms with Crippen molar-refractivity contribution in [3.63, 3.8) is 0 Å². The van der Waals surface area contributed by atoms with Gasteiger partial charge in [0.05, 0.1) is 29.7 Å². The number of rotatable bonds is 10. The number of ketones is 1. The van der Waals surface area contributed by atoms with E-state index < -0.39 is 0 Å². The van der Waals surface area contributed by atoms with Crippen molar-refractivity contribution >= 4 is 11.9 Å². The Hall–Kier alpha value is -5.63. The fraction of sp³-hybridized carbons (Fsp3) is 0.0857. The first-order chi connectivity index (χ1) is 21.0. The molecule has 0 amide bonds. The first-order valence-electron chi connectivity index (χ1n) is 13.8. The summed E-state index contributed by atoms with van der Waals surface area (Å²) in [5, 5.41) is 13.2. The van der Waals surface area contributed by atoms with Crippen molar-refractivity contribution in [2.24, 2.45) is 0 Å². The van der Waals surface area contributed by atoms with Crippen molar-refractivity contribution in [2.75, 3.05) is 0 Å². The number of carbonyl (C=O) groups excluding carboxylic acids is 1. The smallest absolute Gasteiger partial charge is 0.189 e. The summed E-state index contributed by atoms with van der Waals surface area (Å²) in [6.45, 7) is 2.70. The quantitative estimate of drug-likeness (QED) is 0.130. The van der Waals surface area contributed by atoms with Crippen molar-refractivity contribution in [1.82, 2.24) is 24.8 Å². The lowest BCUT2D eigenvalue weighted by atomic mass is 10.0. The van der Waals surface area contributed by atoms with Crippen molar-refractivity contribution in [1.29, 1.82) is 0 Å². The summed E-state index contributed by atoms with van der Waals surface area (Å²) in [4.78, 5) is 13.5. The number of nitrogens with zero attached hydrogens (tertiary/aromatic N) is 5. The minimum atomic E-state index is -0.329. The standard InChI is InChI=1S/C35H28FN5O2/c1-25-12-19-34(43-24-30-23-40(39-37-30)21-26-8-4-2-5-9-26)32(20-25)33(42)18-15-28-22-41(31-10-6-3-7-11-31)38-35(28)27-13-16-29(36)17-14-27/h2-20,22-23H,21,24H2,1H3/b18-15+. The molecule has 7 nitrogen and oxygen atoms in total. The van der Waals surface area contributed by atoms with E-state index >= 15 is 0 Å². The van der Waals surface area contributed by atoms with Gasteiger partial charge in [-0.2, -0.15) is 5.10 Å². The van der Waals surface area contributed by atoms with Gasteiger partial charge in [0.2, 0.25) is 0 Å². The third-order valence-corrected chi connectivity index (χ3v) is 6.84. The summed E-state index contributed by atoms with van der Waals surface area (Å²) >= 11 is 0. The maximum Gasteiger partial charge on any atom is 0.189 e. The zero-order chi connectivity index (χ0) is 29.6. The van der Waals surface area contributed by atoms with Crippen LogP contribution < -0.4 is 4.74 Å². The van der Waals surface area contributed by atoms with Gasteiger partial charge in [-0.1, -0.05) is 65.4 Å². The Balaban J connectivity index is 1.23. The van der Waals surface area contributed by atoms with Crippen LogP contribution in [-0.4, -0.2) is 30.6 Å². The molecule has 6 rings (SSSR count). The molecule has 2 aromatic heterocycles. The molecule has 212 valence electrons. The Labute approximate surface area is 248 Å². The van der Waals surface area contributed by atoms with Gasteiger partial charge in [0.25, 0.3) is 0 Å². The molecule has 0 saturated heterocycles. The maximum atomic E-state index is 13.6. The fourth-order valence-electron chi connectivity index (χ4n) is 4.68. The third-order valence-electron chi connectivity index (χ3n) is 6.84. The molecule has 0 aliphatic carbocycles. The van der Waals surface area contributed by atoms with E-state index in [4.69, 9.17) is 9.84 Å². The highest BCUT2D eigenvalue weighted by Crippen LogP contribution is 2.27. The summed E-state index contributed by atoms with van der Waals surface area (Å²) in [5.74, 6) is -0.0928. The molecule has 43 heavy (non-hydrogen) atoms. The molecule has 2 heterocycles. The van der Waals surface area contributed by atoms with E-state index in [0.29, 0.717) is 34.8 Å². The van der Waals surface area contributed by atoms with Crippen LogP contribution in [0, 0.1) is 12.7 Å². The number of aromatic nitrogens is 5. The van der Waals surface area contributed by atoms with Crippen LogP contribution in [0.15, 0.2) is 122 Å². The Bertz CT molecular complexity index is 1880. The van der Waals surface area contributed by atoms with Crippen LogP contribution >= 0.6 is 0 Å². The van der Waals surface area contributed by atoms with E-state index in [0.717, 1.165) is 22.4 Å². The molecule has 0 unspecified atom stereocenters. The number of hydrogen-bond acceptors (Lipinski definition) is 5. The van der Waals surface area contributed by atoms with E-state index in [2.05, 4.69) is 10.3 Å². The van der Waals surface area contributed by atoms with E-state index in [1.54, 1.807) is 33.6 Å². The first-order valence-corrected chi connectivity index (χ1v) is 13.8. The Kier molecular flexibility index (Phi) is 7.99. The van der Waals surface area contributed by atoms with E-state index in [-0.39, 0.29) is 18.2 Å². The predicted molar refractivity (Wildman–Crippen MR) is 163 cm³/mol. The Morgan fingerprint density at radius 2 is 1.65 bits per heavy atom. The molecule has 0 fully saturated rings. The normalized spacial score (nSPS) is 11.2. The van der Waals surface area contributed by atoms with Gasteiger partial charge in [0.15, 0.2) is 5.78 Å². The van der Waals surface area contributed by atoms with E-state index in [1.807, 2.05) is 92.1 Å². The van der Waals surface area contributed by atoms with Crippen molar-refractivity contribution in [3.05, 3.63) is 155 Å². The lowest BCUT2D eigenvalue weighted by Crippen LogP contribution is -2.03. The molecule has 8 heteroatoms. The number of ether oxygens (including phenoxy) is 1. The van der Waals surface area contributed by atoms with Gasteiger partial charge >= 0.3 is 0 Å². The number of hydrogen-bond donors (Lipinski definition) is 0. The second kappa shape index (κ2) is 12.5. The topological polar surface area (TPSA) is 74.8 Å². The van der Waals surface area contributed by atoms with E-state index in [9.17, 15) is 9.18 Å². The molecule has 0 spiro atoms. The van der Waals surface area contributed by atoms with Crippen LogP contribution in [0.4, 0.5) is 4.39 Å². The monoisotopic (exact) mass is 569 g/mol. The molecule has 6 aromatic rings. The van der Waals surface area contributed by atoms with Gasteiger partial charge in [-0.05, 0) is 73.2 Å². The number of benzene rings is 4. The summed E-state index contributed by atoms with van der Waals surface area (Å²) < 4.78 is 23.2. The fourth-order valence-corrected chi connectivity index (χ4v) is 4.68. The maximum absolute atomic E-state index is 13.6. The molecule has 0 aliphatic heterocycles. The number of aryl methyl sites for hydroxylation is 1. The zero-order valence-corrected chi connectivity index (χ0v) is 23.5. The molecule has 0 aliphatic rings. The lowest BCUT2D eigenvalue weighted by molar-refractivity contribution is 0.104. The molecule has 0 bridgehead atoms. The Morgan fingerprint density at radius 3 is 2.42 bits per heavy atom. The van der Waals surface area contributed by atoms with Crippen LogP contribution in [0.25, 0.3) is 23.0 Å². The largest absolute Gasteiger partial charge is 0.486 e.